The molecule has 9 rings (SSSR count). The highest BCUT2D eigenvalue weighted by Gasteiger charge is 2.63. The van der Waals surface area contributed by atoms with Gasteiger partial charge in [-0.2, -0.15) is 4.98 Å². The molecule has 21 heteroatoms. The van der Waals surface area contributed by atoms with Crippen LogP contribution >= 0.6 is 11.6 Å². The third-order valence-corrected chi connectivity index (χ3v) is 14.0. The summed E-state index contributed by atoms with van der Waals surface area (Å²) in [5, 5.41) is 7.84. The number of imide groups is 1. The van der Waals surface area contributed by atoms with Gasteiger partial charge in [-0.3, -0.25) is 34.2 Å². The second kappa shape index (κ2) is 17.3. The minimum Gasteiger partial charge on any atom is -0.478 e. The number of alkyl halides is 2. The molecule has 4 aromatic rings. The van der Waals surface area contributed by atoms with Crippen molar-refractivity contribution in [2.24, 2.45) is 11.3 Å². The topological polar surface area (TPSA) is 174 Å². The molecule has 1 atom stereocenters. The number of benzene rings is 2. The average Bonchev–Trinajstić information content (AvgIpc) is 3.60. The Labute approximate surface area is 381 Å². The fraction of sp³-hybridized carbons (Fsp3) is 0.489. The standard InChI is InChI=1S/C45H49ClF4N10O6/c1-24(2)60-31-7-5-30(37(47)27(31)16-34(42(60)65)66-20-36(62)51-3)53-39-29(46)17-52-43(55-39)57-13-10-25(11-14-57)18-56-15-12-44(45(49,50)23-56)21-58(22-44)32-6-4-26-28(38(32)48)19-59(41(26)64)33-8-9-35(61)54-40(33)63/h4-7,16-17,24-25,33H,8-15,18-23H2,1-3H3,(H,51,62)(H,52,53,55)(H,54,61,63). The Hall–Kier alpha value is -6.02. The maximum Gasteiger partial charge on any atom is 0.293 e. The minimum atomic E-state index is -3.03. The van der Waals surface area contributed by atoms with E-state index in [9.17, 15) is 24.0 Å². The number of carbonyl (C=O) groups is 4. The van der Waals surface area contributed by atoms with E-state index in [4.69, 9.17) is 16.3 Å². The molecule has 5 aliphatic heterocycles. The lowest BCUT2D eigenvalue weighted by Crippen LogP contribution is -2.70. The summed E-state index contributed by atoms with van der Waals surface area (Å²) in [4.78, 5) is 78.0. The van der Waals surface area contributed by atoms with Gasteiger partial charge in [-0.25, -0.2) is 22.5 Å². The molecule has 4 saturated heterocycles. The number of nitrogens with zero attached hydrogens (tertiary/aromatic N) is 7. The number of halogens is 5. The van der Waals surface area contributed by atoms with Gasteiger partial charge < -0.3 is 34.6 Å². The predicted molar refractivity (Wildman–Crippen MR) is 236 cm³/mol. The zero-order chi connectivity index (χ0) is 46.8. The van der Waals surface area contributed by atoms with Gasteiger partial charge in [-0.05, 0) is 82.3 Å². The molecule has 5 aliphatic rings. The Morgan fingerprint density at radius 3 is 2.45 bits per heavy atom. The monoisotopic (exact) mass is 936 g/mol. The number of hydrogen-bond donors (Lipinski definition) is 3. The number of aromatic nitrogens is 3. The number of pyridine rings is 1. The number of likely N-dealkylation sites (N-methyl/N-ethyl adjacent to an activating group) is 1. The zero-order valence-electron chi connectivity index (χ0n) is 36.6. The summed E-state index contributed by atoms with van der Waals surface area (Å²) in [6.07, 6.45) is 3.25. The van der Waals surface area contributed by atoms with Gasteiger partial charge in [0, 0.05) is 68.7 Å². The molecule has 350 valence electrons. The van der Waals surface area contributed by atoms with Crippen LogP contribution in [0.4, 0.5) is 40.7 Å². The first kappa shape index (κ1) is 45.1. The van der Waals surface area contributed by atoms with Gasteiger partial charge in [0.05, 0.1) is 41.6 Å². The zero-order valence-corrected chi connectivity index (χ0v) is 37.3. The van der Waals surface area contributed by atoms with Gasteiger partial charge in [0.15, 0.2) is 29.8 Å². The Balaban J connectivity index is 0.801. The van der Waals surface area contributed by atoms with E-state index < -0.39 is 71.4 Å². The molecule has 3 N–H and O–H groups in total. The van der Waals surface area contributed by atoms with Crippen LogP contribution in [0.3, 0.4) is 0 Å². The van der Waals surface area contributed by atoms with Crippen LogP contribution in [0, 0.1) is 23.0 Å². The van der Waals surface area contributed by atoms with Crippen molar-refractivity contribution in [2.45, 2.75) is 70.5 Å². The van der Waals surface area contributed by atoms with E-state index in [2.05, 4.69) is 25.9 Å². The number of anilines is 4. The summed E-state index contributed by atoms with van der Waals surface area (Å²) in [6, 6.07) is 6.05. The number of amides is 4. The lowest BCUT2D eigenvalue weighted by molar-refractivity contribution is -0.181. The number of nitrogens with one attached hydrogen (secondary N) is 3. The van der Waals surface area contributed by atoms with Gasteiger partial charge >= 0.3 is 0 Å². The van der Waals surface area contributed by atoms with E-state index in [1.807, 2.05) is 9.80 Å². The number of carbonyl (C=O) groups excluding carboxylic acids is 4. The Morgan fingerprint density at radius 2 is 1.76 bits per heavy atom. The predicted octanol–water partition coefficient (Wildman–Crippen LogP) is 5.00. The van der Waals surface area contributed by atoms with E-state index in [1.54, 1.807) is 24.8 Å². The third kappa shape index (κ3) is 8.04. The first-order valence-corrected chi connectivity index (χ1v) is 22.4. The summed E-state index contributed by atoms with van der Waals surface area (Å²) in [7, 11) is 1.43. The first-order valence-electron chi connectivity index (χ1n) is 22.0. The van der Waals surface area contributed by atoms with Crippen LogP contribution in [0.1, 0.15) is 67.9 Å². The summed E-state index contributed by atoms with van der Waals surface area (Å²) in [6.45, 7) is 4.56. The molecule has 66 heavy (non-hydrogen) atoms. The van der Waals surface area contributed by atoms with Crippen LogP contribution in [0.5, 0.6) is 5.75 Å². The Bertz CT molecular complexity index is 2710. The molecule has 7 heterocycles. The lowest BCUT2D eigenvalue weighted by atomic mass is 9.68. The molecule has 0 radical (unpaired) electrons. The minimum absolute atomic E-state index is 0.0295. The third-order valence-electron chi connectivity index (χ3n) is 13.7. The fourth-order valence-corrected chi connectivity index (χ4v) is 10.1. The SMILES string of the molecule is CNC(=O)COc1cc2c(F)c(Nc3nc(N4CCC(CN5CCC6(CN(c7ccc8c(c7F)CN(C7CCC(=O)NC7=O)C8=O)C6)C(F)(F)C5)CC4)ncc3Cl)ccc2n(C(C)C)c1=O. The van der Waals surface area contributed by atoms with Crippen LogP contribution in [-0.2, 0) is 20.9 Å². The number of likely N-dealkylation sites (tertiary alicyclic amines) is 1. The molecule has 1 spiro atoms. The summed E-state index contributed by atoms with van der Waals surface area (Å²) >= 11 is 6.50. The second-order valence-corrected chi connectivity index (χ2v) is 18.6. The Kier molecular flexibility index (Phi) is 11.9. The van der Waals surface area contributed by atoms with E-state index in [1.165, 1.54) is 47.0 Å². The van der Waals surface area contributed by atoms with Crippen molar-refractivity contribution in [1.82, 2.24) is 35.0 Å². The summed E-state index contributed by atoms with van der Waals surface area (Å²) in [5.41, 5.74) is -1.07. The molecule has 0 saturated carbocycles. The molecule has 4 amide bonds. The second-order valence-electron chi connectivity index (χ2n) is 18.2. The molecule has 4 fully saturated rings. The van der Waals surface area contributed by atoms with Crippen LogP contribution in [0.2, 0.25) is 5.02 Å². The van der Waals surface area contributed by atoms with Crippen molar-refractivity contribution < 1.29 is 41.5 Å². The van der Waals surface area contributed by atoms with E-state index >= 15 is 17.6 Å². The highest BCUT2D eigenvalue weighted by Crippen LogP contribution is 2.52. The van der Waals surface area contributed by atoms with E-state index in [0.29, 0.717) is 50.5 Å². The van der Waals surface area contributed by atoms with Crippen LogP contribution in [-0.4, -0.2) is 119 Å². The number of ether oxygens (including phenoxy) is 1. The van der Waals surface area contributed by atoms with Crippen molar-refractivity contribution in [1.29, 1.82) is 0 Å². The van der Waals surface area contributed by atoms with Crippen LogP contribution < -0.4 is 36.0 Å². The van der Waals surface area contributed by atoms with E-state index in [-0.39, 0.29) is 95.3 Å². The van der Waals surface area contributed by atoms with Gasteiger partial charge in [0.2, 0.25) is 17.8 Å². The number of fused-ring (bicyclic) bond motifs is 2. The van der Waals surface area contributed by atoms with Gasteiger partial charge in [-0.1, -0.05) is 11.6 Å². The normalized spacial score (nSPS) is 20.8. The molecule has 0 bridgehead atoms. The quantitative estimate of drug-likeness (QED) is 0.136. The fourth-order valence-electron chi connectivity index (χ4n) is 10.0. The molecular weight excluding hydrogens is 888 g/mol. The number of piperidine rings is 3. The average molecular weight is 937 g/mol. The van der Waals surface area contributed by atoms with E-state index in [0.717, 1.165) is 0 Å². The van der Waals surface area contributed by atoms with Gasteiger partial charge in [0.25, 0.3) is 23.3 Å². The van der Waals surface area contributed by atoms with Crippen molar-refractivity contribution >= 4 is 69.3 Å². The summed E-state index contributed by atoms with van der Waals surface area (Å²) < 4.78 is 71.3. The highest BCUT2D eigenvalue weighted by atomic mass is 35.5. The van der Waals surface area contributed by atoms with Gasteiger partial charge in [0.1, 0.15) is 11.1 Å². The molecular formula is C45H49ClF4N10O6. The van der Waals surface area contributed by atoms with Crippen molar-refractivity contribution in [3.05, 3.63) is 74.7 Å². The molecule has 2 aromatic carbocycles. The molecule has 16 nitrogen and oxygen atoms in total. The van der Waals surface area contributed by atoms with Crippen LogP contribution in [0.15, 0.2) is 41.3 Å². The van der Waals surface area contributed by atoms with Crippen molar-refractivity contribution in [2.75, 3.05) is 74.6 Å². The smallest absolute Gasteiger partial charge is 0.293 e. The molecule has 1 unspecified atom stereocenters. The van der Waals surface area contributed by atoms with Crippen LogP contribution in [0.25, 0.3) is 10.9 Å². The largest absolute Gasteiger partial charge is 0.478 e. The maximum atomic E-state index is 16.2. The molecule has 2 aromatic heterocycles. The highest BCUT2D eigenvalue weighted by molar-refractivity contribution is 6.33. The molecule has 0 aliphatic carbocycles. The van der Waals surface area contributed by atoms with Crippen molar-refractivity contribution in [3.8, 4) is 5.75 Å². The van der Waals surface area contributed by atoms with Gasteiger partial charge in [-0.15, -0.1) is 0 Å². The first-order chi connectivity index (χ1) is 31.5. The van der Waals surface area contributed by atoms with Crippen molar-refractivity contribution in [3.63, 3.8) is 0 Å². The lowest BCUT2D eigenvalue weighted by Gasteiger charge is -2.58. The number of hydrogen-bond acceptors (Lipinski definition) is 12. The number of rotatable bonds is 11. The maximum absolute atomic E-state index is 16.2. The summed E-state index contributed by atoms with van der Waals surface area (Å²) in [5.74, 6) is -5.90. The Morgan fingerprint density at radius 1 is 1.00 bits per heavy atom.